The Morgan fingerprint density at radius 1 is 1.28 bits per heavy atom. The first kappa shape index (κ1) is 15.9. The number of aliphatic hydroxyl groups is 1. The van der Waals surface area contributed by atoms with E-state index >= 15 is 0 Å². The molecule has 1 rings (SSSR count). The maximum Gasteiger partial charge on any atom is 0.148 e. The smallest absolute Gasteiger partial charge is 0.148 e. The molecule has 18 heavy (non-hydrogen) atoms. The molecule has 4 heteroatoms. The monoisotopic (exact) mass is 336 g/mol. The summed E-state index contributed by atoms with van der Waals surface area (Å²) in [4.78, 5) is 0. The van der Waals surface area contributed by atoms with Crippen molar-refractivity contribution in [2.75, 3.05) is 0 Å². The Morgan fingerprint density at radius 2 is 1.94 bits per heavy atom. The Hall–Kier alpha value is -0.120. The molecule has 102 valence electrons. The van der Waals surface area contributed by atoms with E-state index in [1.807, 2.05) is 0 Å². The van der Waals surface area contributed by atoms with Gasteiger partial charge in [0.15, 0.2) is 0 Å². The molecule has 1 nitrogen and oxygen atoms in total. The lowest BCUT2D eigenvalue weighted by Gasteiger charge is -2.13. The summed E-state index contributed by atoms with van der Waals surface area (Å²) in [5.74, 6) is -0.521. The highest BCUT2D eigenvalue weighted by Gasteiger charge is 2.16. The first-order chi connectivity index (χ1) is 8.57. The predicted molar refractivity (Wildman–Crippen MR) is 77.4 cm³/mol. The molecule has 1 N–H and O–H groups in total. The van der Waals surface area contributed by atoms with E-state index < -0.39 is 11.9 Å². The van der Waals surface area contributed by atoms with E-state index in [2.05, 4.69) is 22.9 Å². The van der Waals surface area contributed by atoms with Crippen molar-refractivity contribution in [1.29, 1.82) is 0 Å². The maximum absolute atomic E-state index is 13.8. The second-order valence-corrected chi connectivity index (χ2v) is 5.72. The molecule has 0 fully saturated rings. The third kappa shape index (κ3) is 4.52. The normalized spacial score (nSPS) is 12.7. The van der Waals surface area contributed by atoms with E-state index in [9.17, 15) is 9.50 Å². The summed E-state index contributed by atoms with van der Waals surface area (Å²) < 4.78 is 14.3. The molecule has 1 unspecified atom stereocenters. The molecular formula is C14H19BrClFO. The Kier molecular flexibility index (Phi) is 7.20. The fraction of sp³-hybridized carbons (Fsp3) is 0.571. The first-order valence-electron chi connectivity index (χ1n) is 6.39. The van der Waals surface area contributed by atoms with Crippen LogP contribution >= 0.6 is 27.5 Å². The van der Waals surface area contributed by atoms with E-state index in [1.165, 1.54) is 19.3 Å². The summed E-state index contributed by atoms with van der Waals surface area (Å²) in [6, 6.07) is 3.25. The Bertz CT molecular complexity index is 384. The van der Waals surface area contributed by atoms with Crippen LogP contribution in [-0.2, 0) is 0 Å². The largest absolute Gasteiger partial charge is 0.388 e. The highest BCUT2D eigenvalue weighted by atomic mass is 79.9. The van der Waals surface area contributed by atoms with Gasteiger partial charge in [-0.05, 0) is 28.4 Å². The predicted octanol–water partition coefficient (Wildman–Crippen LogP) is 5.64. The molecule has 0 aliphatic heterocycles. The molecule has 1 aromatic carbocycles. The first-order valence-corrected chi connectivity index (χ1v) is 7.56. The van der Waals surface area contributed by atoms with Crippen molar-refractivity contribution >= 4 is 27.5 Å². The van der Waals surface area contributed by atoms with Crippen LogP contribution in [0.4, 0.5) is 4.39 Å². The quantitative estimate of drug-likeness (QED) is 0.504. The zero-order chi connectivity index (χ0) is 13.5. The molecule has 0 bridgehead atoms. The van der Waals surface area contributed by atoms with Crippen molar-refractivity contribution in [1.82, 2.24) is 0 Å². The molecule has 0 aliphatic rings. The van der Waals surface area contributed by atoms with Gasteiger partial charge < -0.3 is 5.11 Å². The van der Waals surface area contributed by atoms with Crippen LogP contribution in [-0.4, -0.2) is 5.11 Å². The number of benzene rings is 1. The molecule has 1 aromatic rings. The van der Waals surface area contributed by atoms with Crippen LogP contribution in [0.5, 0.6) is 0 Å². The Balaban J connectivity index is 2.51. The number of rotatable bonds is 7. The molecule has 0 aliphatic carbocycles. The minimum Gasteiger partial charge on any atom is -0.388 e. The zero-order valence-corrected chi connectivity index (χ0v) is 12.9. The zero-order valence-electron chi connectivity index (χ0n) is 10.6. The van der Waals surface area contributed by atoms with Crippen molar-refractivity contribution in [3.8, 4) is 0 Å². The Morgan fingerprint density at radius 3 is 2.61 bits per heavy atom. The molecule has 1 atom stereocenters. The van der Waals surface area contributed by atoms with Gasteiger partial charge in [0.2, 0.25) is 0 Å². The number of aliphatic hydroxyl groups excluding tert-OH is 1. The van der Waals surface area contributed by atoms with Crippen molar-refractivity contribution in [2.45, 2.75) is 51.6 Å². The molecule has 0 radical (unpaired) electrons. The van der Waals surface area contributed by atoms with E-state index in [0.29, 0.717) is 16.5 Å². The van der Waals surface area contributed by atoms with Crippen LogP contribution in [0.3, 0.4) is 0 Å². The van der Waals surface area contributed by atoms with Gasteiger partial charge in [0.05, 0.1) is 11.1 Å². The number of hydrogen-bond donors (Lipinski definition) is 1. The topological polar surface area (TPSA) is 20.2 Å². The van der Waals surface area contributed by atoms with Gasteiger partial charge >= 0.3 is 0 Å². The van der Waals surface area contributed by atoms with Gasteiger partial charge in [-0.15, -0.1) is 0 Å². The summed E-state index contributed by atoms with van der Waals surface area (Å²) in [6.45, 7) is 2.16. The van der Waals surface area contributed by atoms with E-state index in [-0.39, 0.29) is 5.02 Å². The molecule has 0 heterocycles. The summed E-state index contributed by atoms with van der Waals surface area (Å²) in [6.07, 6.45) is 5.39. The SMILES string of the molecule is CCCCCCCC(O)c1ccc(Br)c(Cl)c1F. The van der Waals surface area contributed by atoms with Crippen molar-refractivity contribution < 1.29 is 9.50 Å². The molecule has 0 saturated carbocycles. The van der Waals surface area contributed by atoms with Crippen molar-refractivity contribution in [3.63, 3.8) is 0 Å². The highest BCUT2D eigenvalue weighted by molar-refractivity contribution is 9.10. The molecule has 0 spiro atoms. The number of unbranched alkanes of at least 4 members (excludes halogenated alkanes) is 4. The van der Waals surface area contributed by atoms with Gasteiger partial charge in [0.1, 0.15) is 5.82 Å². The summed E-state index contributed by atoms with van der Waals surface area (Å²) in [5.41, 5.74) is 0.290. The van der Waals surface area contributed by atoms with Crippen LogP contribution in [0.15, 0.2) is 16.6 Å². The number of halogens is 3. The molecule has 0 saturated heterocycles. The van der Waals surface area contributed by atoms with E-state index in [1.54, 1.807) is 12.1 Å². The minimum atomic E-state index is -0.766. The van der Waals surface area contributed by atoms with Crippen LogP contribution in [0, 0.1) is 5.82 Å². The van der Waals surface area contributed by atoms with Gasteiger partial charge in [-0.25, -0.2) is 4.39 Å². The van der Waals surface area contributed by atoms with E-state index in [4.69, 9.17) is 11.6 Å². The average molecular weight is 338 g/mol. The number of hydrogen-bond acceptors (Lipinski definition) is 1. The third-order valence-electron chi connectivity index (χ3n) is 3.01. The van der Waals surface area contributed by atoms with Gasteiger partial charge in [0.25, 0.3) is 0 Å². The third-order valence-corrected chi connectivity index (χ3v) is 4.26. The van der Waals surface area contributed by atoms with E-state index in [0.717, 1.165) is 12.8 Å². The van der Waals surface area contributed by atoms with Gasteiger partial charge in [0, 0.05) is 10.0 Å². The molecule has 0 amide bonds. The maximum atomic E-state index is 13.8. The summed E-state index contributed by atoms with van der Waals surface area (Å²) in [5, 5.41) is 10.00. The lowest BCUT2D eigenvalue weighted by atomic mass is 10.0. The van der Waals surface area contributed by atoms with Gasteiger partial charge in [-0.3, -0.25) is 0 Å². The fourth-order valence-corrected chi connectivity index (χ4v) is 2.37. The van der Waals surface area contributed by atoms with Crippen molar-refractivity contribution in [3.05, 3.63) is 33.0 Å². The van der Waals surface area contributed by atoms with Gasteiger partial charge in [-0.1, -0.05) is 56.7 Å². The summed E-state index contributed by atoms with van der Waals surface area (Å²) >= 11 is 8.95. The highest BCUT2D eigenvalue weighted by Crippen LogP contribution is 2.32. The van der Waals surface area contributed by atoms with Crippen LogP contribution < -0.4 is 0 Å². The lowest BCUT2D eigenvalue weighted by molar-refractivity contribution is 0.159. The second kappa shape index (κ2) is 8.13. The molecular weight excluding hydrogens is 319 g/mol. The molecule has 0 aromatic heterocycles. The average Bonchev–Trinajstić information content (AvgIpc) is 2.35. The second-order valence-electron chi connectivity index (χ2n) is 4.48. The standard InChI is InChI=1S/C14H19BrClFO/c1-2-3-4-5-6-7-12(18)10-8-9-11(15)13(16)14(10)17/h8-9,12,18H,2-7H2,1H3. The van der Waals surface area contributed by atoms with Crippen LogP contribution in [0.1, 0.15) is 57.1 Å². The van der Waals surface area contributed by atoms with Crippen molar-refractivity contribution in [2.24, 2.45) is 0 Å². The lowest BCUT2D eigenvalue weighted by Crippen LogP contribution is -2.01. The van der Waals surface area contributed by atoms with Gasteiger partial charge in [-0.2, -0.15) is 0 Å². The minimum absolute atomic E-state index is 0.0394. The summed E-state index contributed by atoms with van der Waals surface area (Å²) in [7, 11) is 0. The Labute approximate surface area is 121 Å². The van der Waals surface area contributed by atoms with Crippen LogP contribution in [0.2, 0.25) is 5.02 Å². The van der Waals surface area contributed by atoms with Crippen LogP contribution in [0.25, 0.3) is 0 Å². The fourth-order valence-electron chi connectivity index (χ4n) is 1.89.